The molecular weight excluding hydrogens is 344 g/mol. The number of aromatic nitrogens is 2. The molecule has 2 rings (SSSR count). The molecule has 0 unspecified atom stereocenters. The van der Waals surface area contributed by atoms with Gasteiger partial charge in [-0.15, -0.1) is 0 Å². The van der Waals surface area contributed by atoms with Crippen LogP contribution in [0.25, 0.3) is 0 Å². The van der Waals surface area contributed by atoms with Crippen LogP contribution in [0.5, 0.6) is 17.2 Å². The lowest BCUT2D eigenvalue weighted by Crippen LogP contribution is -2.22. The Labute approximate surface area is 148 Å². The Morgan fingerprint density at radius 1 is 1.23 bits per heavy atom. The summed E-state index contributed by atoms with van der Waals surface area (Å²) in [6.45, 7) is 1.43. The maximum atomic E-state index is 11.1. The first kappa shape index (κ1) is 19.1. The van der Waals surface area contributed by atoms with Gasteiger partial charge >= 0.3 is 5.69 Å². The Bertz CT molecular complexity index is 846. The molecule has 0 amide bonds. The molecule has 140 valence electrons. The largest absolute Gasteiger partial charge is 0.504 e. The van der Waals surface area contributed by atoms with Gasteiger partial charge in [0.25, 0.3) is 5.56 Å². The maximum absolute atomic E-state index is 11.1. The van der Waals surface area contributed by atoms with E-state index in [1.54, 1.807) is 6.07 Å². The number of aromatic amines is 2. The van der Waals surface area contributed by atoms with E-state index in [9.17, 15) is 19.8 Å². The van der Waals surface area contributed by atoms with Gasteiger partial charge in [0.2, 0.25) is 5.75 Å². The molecule has 0 saturated heterocycles. The second kappa shape index (κ2) is 9.28. The molecule has 0 atom stereocenters. The Kier molecular flexibility index (Phi) is 6.80. The van der Waals surface area contributed by atoms with Crippen molar-refractivity contribution in [1.29, 1.82) is 0 Å². The molecule has 0 bridgehead atoms. The molecule has 0 radical (unpaired) electrons. The third-order valence-corrected chi connectivity index (χ3v) is 3.30. The molecule has 0 aliphatic rings. The van der Waals surface area contributed by atoms with Crippen LogP contribution in [0, 0.1) is 0 Å². The van der Waals surface area contributed by atoms with Crippen molar-refractivity contribution in [2.24, 2.45) is 5.16 Å². The van der Waals surface area contributed by atoms with Crippen LogP contribution in [0.3, 0.4) is 0 Å². The smallest absolute Gasteiger partial charge is 0.326 e. The quantitative estimate of drug-likeness (QED) is 0.182. The lowest BCUT2D eigenvalue weighted by molar-refractivity contribution is 0.143. The van der Waals surface area contributed by atoms with Gasteiger partial charge in [-0.05, 0) is 30.7 Å². The van der Waals surface area contributed by atoms with Crippen LogP contribution in [0.15, 0.2) is 32.9 Å². The van der Waals surface area contributed by atoms with Gasteiger partial charge in [0.05, 0.1) is 19.0 Å². The lowest BCUT2D eigenvalue weighted by atomic mass is 10.2. The van der Waals surface area contributed by atoms with Crippen molar-refractivity contribution in [3.63, 3.8) is 0 Å². The van der Waals surface area contributed by atoms with Crippen LogP contribution in [0.4, 0.5) is 0 Å². The summed E-state index contributed by atoms with van der Waals surface area (Å²) in [5, 5.41) is 26.0. The lowest BCUT2D eigenvalue weighted by Gasteiger charge is -2.09. The molecule has 0 spiro atoms. The molecule has 0 fully saturated rings. The van der Waals surface area contributed by atoms with Crippen molar-refractivity contribution in [2.45, 2.75) is 13.0 Å². The molecule has 1 aromatic carbocycles. The van der Waals surface area contributed by atoms with Gasteiger partial charge in [0.1, 0.15) is 6.61 Å². The van der Waals surface area contributed by atoms with E-state index in [0.29, 0.717) is 26.1 Å². The summed E-state index contributed by atoms with van der Waals surface area (Å²) < 4.78 is 4.97. The SMILES string of the molecule is COc1cc(CNCCCO/N=C/c2cc(=O)[nH]c(=O)[nH]2)cc(O)c1O. The average Bonchev–Trinajstić information content (AvgIpc) is 2.59. The van der Waals surface area contributed by atoms with E-state index in [1.165, 1.54) is 25.5 Å². The first-order valence-electron chi connectivity index (χ1n) is 7.78. The summed E-state index contributed by atoms with van der Waals surface area (Å²) in [5.74, 6) is -0.321. The molecule has 0 saturated carbocycles. The minimum Gasteiger partial charge on any atom is -0.504 e. The first-order valence-corrected chi connectivity index (χ1v) is 7.78. The number of ether oxygens (including phenoxy) is 1. The van der Waals surface area contributed by atoms with E-state index in [4.69, 9.17) is 9.57 Å². The van der Waals surface area contributed by atoms with Crippen LogP contribution in [-0.2, 0) is 11.4 Å². The molecule has 0 aliphatic heterocycles. The fourth-order valence-electron chi connectivity index (χ4n) is 2.10. The summed E-state index contributed by atoms with van der Waals surface area (Å²) in [6, 6.07) is 4.27. The number of hydrogen-bond donors (Lipinski definition) is 5. The zero-order chi connectivity index (χ0) is 18.9. The zero-order valence-electron chi connectivity index (χ0n) is 14.1. The first-order chi connectivity index (χ1) is 12.5. The van der Waals surface area contributed by atoms with Gasteiger partial charge in [-0.25, -0.2) is 4.79 Å². The van der Waals surface area contributed by atoms with Gasteiger partial charge < -0.3 is 30.1 Å². The number of nitrogens with zero attached hydrogens (tertiary/aromatic N) is 1. The van der Waals surface area contributed by atoms with Crippen molar-refractivity contribution < 1.29 is 19.8 Å². The highest BCUT2D eigenvalue weighted by atomic mass is 16.6. The highest BCUT2D eigenvalue weighted by Gasteiger charge is 2.09. The molecule has 1 heterocycles. The van der Waals surface area contributed by atoms with E-state index >= 15 is 0 Å². The molecule has 0 aliphatic carbocycles. The Hall–Kier alpha value is -3.27. The van der Waals surface area contributed by atoms with Crippen LogP contribution >= 0.6 is 0 Å². The zero-order valence-corrected chi connectivity index (χ0v) is 14.1. The summed E-state index contributed by atoms with van der Waals surface area (Å²) >= 11 is 0. The van der Waals surface area contributed by atoms with Gasteiger partial charge in [0, 0.05) is 12.6 Å². The van der Waals surface area contributed by atoms with E-state index < -0.39 is 11.2 Å². The number of aromatic hydroxyl groups is 2. The van der Waals surface area contributed by atoms with Crippen LogP contribution in [-0.4, -0.2) is 46.7 Å². The standard InChI is InChI=1S/C16H20N4O6/c1-25-13-6-10(5-12(21)15(13)23)8-17-3-2-4-26-18-9-11-7-14(22)20-16(24)19-11/h5-7,9,17,21,23H,2-4,8H2,1H3,(H2,19,20,22,24)/b18-9+. The van der Waals surface area contributed by atoms with E-state index in [-0.39, 0.29) is 22.9 Å². The average molecular weight is 364 g/mol. The number of oxime groups is 1. The van der Waals surface area contributed by atoms with Crippen LogP contribution in [0.1, 0.15) is 17.7 Å². The normalized spacial score (nSPS) is 11.0. The fourth-order valence-corrected chi connectivity index (χ4v) is 2.10. The molecule has 2 aromatic rings. The van der Waals surface area contributed by atoms with Gasteiger partial charge in [-0.3, -0.25) is 9.78 Å². The van der Waals surface area contributed by atoms with E-state index in [2.05, 4.69) is 15.5 Å². The highest BCUT2D eigenvalue weighted by Crippen LogP contribution is 2.36. The number of nitrogens with one attached hydrogen (secondary N) is 3. The Morgan fingerprint density at radius 2 is 2.04 bits per heavy atom. The topological polar surface area (TPSA) is 149 Å². The van der Waals surface area contributed by atoms with E-state index in [0.717, 1.165) is 5.56 Å². The van der Waals surface area contributed by atoms with Crippen molar-refractivity contribution in [2.75, 3.05) is 20.3 Å². The number of rotatable bonds is 9. The van der Waals surface area contributed by atoms with Crippen LogP contribution in [0.2, 0.25) is 0 Å². The predicted octanol–water partition coefficient (Wildman–Crippen LogP) is 0.0134. The number of benzene rings is 1. The minimum absolute atomic E-state index is 0.206. The van der Waals surface area contributed by atoms with E-state index in [1.807, 2.05) is 4.98 Å². The summed E-state index contributed by atoms with van der Waals surface area (Å²) in [6.07, 6.45) is 1.90. The summed E-state index contributed by atoms with van der Waals surface area (Å²) in [4.78, 5) is 31.6. The molecule has 26 heavy (non-hydrogen) atoms. The second-order valence-electron chi connectivity index (χ2n) is 5.31. The third kappa shape index (κ3) is 5.67. The van der Waals surface area contributed by atoms with Crippen molar-refractivity contribution in [3.8, 4) is 17.2 Å². The fraction of sp³-hybridized carbons (Fsp3) is 0.312. The van der Waals surface area contributed by atoms with Gasteiger partial charge in [-0.2, -0.15) is 0 Å². The second-order valence-corrected chi connectivity index (χ2v) is 5.31. The Morgan fingerprint density at radius 3 is 2.77 bits per heavy atom. The highest BCUT2D eigenvalue weighted by molar-refractivity contribution is 5.75. The number of methoxy groups -OCH3 is 1. The minimum atomic E-state index is -0.611. The number of hydrogen-bond acceptors (Lipinski definition) is 8. The summed E-state index contributed by atoms with van der Waals surface area (Å²) in [5.41, 5.74) is -0.122. The van der Waals surface area contributed by atoms with Gasteiger partial charge in [0.15, 0.2) is 11.5 Å². The predicted molar refractivity (Wildman–Crippen MR) is 93.9 cm³/mol. The third-order valence-electron chi connectivity index (χ3n) is 3.30. The monoisotopic (exact) mass is 364 g/mol. The van der Waals surface area contributed by atoms with Gasteiger partial charge in [-0.1, -0.05) is 5.16 Å². The van der Waals surface area contributed by atoms with Crippen molar-refractivity contribution in [3.05, 3.63) is 50.3 Å². The molecule has 5 N–H and O–H groups in total. The molecule has 10 nitrogen and oxygen atoms in total. The summed E-state index contributed by atoms with van der Waals surface area (Å²) in [7, 11) is 1.41. The molecular formula is C16H20N4O6. The molecule has 10 heteroatoms. The molecule has 1 aromatic heterocycles. The van der Waals surface area contributed by atoms with Crippen molar-refractivity contribution >= 4 is 6.21 Å². The number of H-pyrrole nitrogens is 2. The van der Waals surface area contributed by atoms with Crippen LogP contribution < -0.4 is 21.3 Å². The number of phenolic OH excluding ortho intramolecular Hbond substituents is 2. The van der Waals surface area contributed by atoms with Crippen molar-refractivity contribution in [1.82, 2.24) is 15.3 Å². The Balaban J connectivity index is 1.68. The number of phenols is 2. The maximum Gasteiger partial charge on any atom is 0.326 e.